The maximum atomic E-state index is 11.9. The number of nitrogens with one attached hydrogen (secondary N) is 1. The normalized spacial score (nSPS) is 11.3. The van der Waals surface area contributed by atoms with Crippen LogP contribution in [-0.4, -0.2) is 31.0 Å². The Morgan fingerprint density at radius 3 is 2.41 bits per heavy atom. The van der Waals surface area contributed by atoms with Crippen molar-refractivity contribution < 1.29 is 23.9 Å². The number of ether oxygens (including phenoxy) is 2. The van der Waals surface area contributed by atoms with E-state index in [-0.39, 0.29) is 17.4 Å². The van der Waals surface area contributed by atoms with Crippen LogP contribution in [0, 0.1) is 0 Å². The van der Waals surface area contributed by atoms with Gasteiger partial charge in [-0.05, 0) is 36.8 Å². The molecule has 0 unspecified atom stereocenters. The van der Waals surface area contributed by atoms with Gasteiger partial charge in [0, 0.05) is 5.02 Å². The lowest BCUT2D eigenvalue weighted by Gasteiger charge is -2.14. The van der Waals surface area contributed by atoms with E-state index in [2.05, 4.69) is 5.32 Å². The molecular weight excluding hydrogens is 372 g/mol. The lowest BCUT2D eigenvalue weighted by molar-refractivity contribution is -0.150. The Kier molecular flexibility index (Phi) is 7.19. The number of benzene rings is 2. The zero-order valence-electron chi connectivity index (χ0n) is 14.6. The minimum Gasteiger partial charge on any atom is -0.481 e. The highest BCUT2D eigenvalue weighted by Gasteiger charge is 2.14. The first-order valence-electron chi connectivity index (χ1n) is 8.09. The zero-order valence-corrected chi connectivity index (χ0v) is 15.4. The van der Waals surface area contributed by atoms with Crippen molar-refractivity contribution in [3.63, 3.8) is 0 Å². The van der Waals surface area contributed by atoms with Crippen molar-refractivity contribution in [2.24, 2.45) is 5.73 Å². The van der Waals surface area contributed by atoms with Crippen LogP contribution in [0.2, 0.25) is 5.02 Å². The van der Waals surface area contributed by atoms with Crippen LogP contribution >= 0.6 is 11.6 Å². The predicted molar refractivity (Wildman–Crippen MR) is 99.4 cm³/mol. The van der Waals surface area contributed by atoms with E-state index >= 15 is 0 Å². The van der Waals surface area contributed by atoms with Gasteiger partial charge in [-0.3, -0.25) is 9.59 Å². The number of esters is 1. The minimum absolute atomic E-state index is 0.153. The Morgan fingerprint density at radius 1 is 1.07 bits per heavy atom. The van der Waals surface area contributed by atoms with Gasteiger partial charge in [0.15, 0.2) is 13.2 Å². The van der Waals surface area contributed by atoms with Gasteiger partial charge in [-0.25, -0.2) is 4.79 Å². The molecule has 0 saturated heterocycles. The van der Waals surface area contributed by atoms with Crippen LogP contribution in [0.1, 0.15) is 28.9 Å². The van der Waals surface area contributed by atoms with Gasteiger partial charge in [-0.15, -0.1) is 0 Å². The summed E-state index contributed by atoms with van der Waals surface area (Å²) in [5, 5.41) is 3.31. The molecule has 8 heteroatoms. The smallest absolute Gasteiger partial charge is 0.344 e. The van der Waals surface area contributed by atoms with E-state index in [0.717, 1.165) is 5.56 Å². The van der Waals surface area contributed by atoms with Crippen LogP contribution in [0.3, 0.4) is 0 Å². The lowest BCUT2D eigenvalue weighted by Crippen LogP contribution is -2.32. The van der Waals surface area contributed by atoms with Gasteiger partial charge in [0.25, 0.3) is 11.8 Å². The highest BCUT2D eigenvalue weighted by molar-refractivity contribution is 6.30. The van der Waals surface area contributed by atoms with Crippen molar-refractivity contribution in [1.29, 1.82) is 0 Å². The van der Waals surface area contributed by atoms with E-state index in [9.17, 15) is 14.4 Å². The molecule has 2 rings (SSSR count). The van der Waals surface area contributed by atoms with Crippen molar-refractivity contribution in [2.75, 3.05) is 13.2 Å². The third kappa shape index (κ3) is 6.31. The number of para-hydroxylation sites is 1. The highest BCUT2D eigenvalue weighted by atomic mass is 35.5. The van der Waals surface area contributed by atoms with Gasteiger partial charge in [0.05, 0.1) is 11.6 Å². The van der Waals surface area contributed by atoms with Crippen molar-refractivity contribution in [1.82, 2.24) is 5.32 Å². The number of halogens is 1. The lowest BCUT2D eigenvalue weighted by atomic mass is 10.1. The maximum Gasteiger partial charge on any atom is 0.344 e. The first-order valence-corrected chi connectivity index (χ1v) is 8.46. The average Bonchev–Trinajstić information content (AvgIpc) is 2.65. The number of primary amides is 1. The number of nitrogens with two attached hydrogens (primary N) is 1. The molecule has 3 N–H and O–H groups in total. The standard InChI is InChI=1S/C19H19ClN2O5/c1-12(13-6-8-14(20)9-7-13)22-17(23)10-27-18(24)11-26-16-5-3-2-4-15(16)19(21)25/h2-9,12H,10-11H2,1H3,(H2,21,25)(H,22,23)/t12-/m0/s1. The SMILES string of the molecule is C[C@H](NC(=O)COC(=O)COc1ccccc1C(N)=O)c1ccc(Cl)cc1. The minimum atomic E-state index is -0.747. The first-order chi connectivity index (χ1) is 12.9. The molecule has 0 aliphatic rings. The van der Waals surface area contributed by atoms with Gasteiger partial charge in [0.1, 0.15) is 5.75 Å². The Labute approximate surface area is 161 Å². The third-order valence-corrected chi connectivity index (χ3v) is 3.86. The molecule has 0 radical (unpaired) electrons. The summed E-state index contributed by atoms with van der Waals surface area (Å²) >= 11 is 5.83. The predicted octanol–water partition coefficient (Wildman–Crippen LogP) is 2.24. The van der Waals surface area contributed by atoms with Crippen LogP contribution in [0.5, 0.6) is 5.75 Å². The van der Waals surface area contributed by atoms with E-state index in [0.29, 0.717) is 5.02 Å². The van der Waals surface area contributed by atoms with Gasteiger partial charge in [-0.1, -0.05) is 35.9 Å². The second kappa shape index (κ2) is 9.59. The van der Waals surface area contributed by atoms with E-state index in [1.54, 1.807) is 43.3 Å². The molecule has 0 aromatic heterocycles. The zero-order chi connectivity index (χ0) is 19.8. The molecule has 0 saturated carbocycles. The molecule has 0 aliphatic heterocycles. The summed E-state index contributed by atoms with van der Waals surface area (Å²) in [6.45, 7) is 0.898. The summed E-state index contributed by atoms with van der Waals surface area (Å²) in [5.74, 6) is -1.70. The molecule has 7 nitrogen and oxygen atoms in total. The largest absolute Gasteiger partial charge is 0.481 e. The van der Waals surface area contributed by atoms with Crippen LogP contribution < -0.4 is 15.8 Å². The first kappa shape index (κ1) is 20.3. The Morgan fingerprint density at radius 2 is 1.74 bits per heavy atom. The molecule has 2 aromatic carbocycles. The third-order valence-electron chi connectivity index (χ3n) is 3.61. The molecule has 1 atom stereocenters. The molecule has 142 valence electrons. The molecular formula is C19H19ClN2O5. The van der Waals surface area contributed by atoms with Crippen molar-refractivity contribution in [2.45, 2.75) is 13.0 Å². The molecule has 0 bridgehead atoms. The summed E-state index contributed by atoms with van der Waals surface area (Å²) in [7, 11) is 0. The van der Waals surface area contributed by atoms with Crippen molar-refractivity contribution in [3.05, 3.63) is 64.7 Å². The van der Waals surface area contributed by atoms with Gasteiger partial charge in [0.2, 0.25) is 0 Å². The van der Waals surface area contributed by atoms with Gasteiger partial charge < -0.3 is 20.5 Å². The fraction of sp³-hybridized carbons (Fsp3) is 0.211. The number of rotatable bonds is 8. The summed E-state index contributed by atoms with van der Waals surface area (Å²) in [6.07, 6.45) is 0. The average molecular weight is 391 g/mol. The van der Waals surface area contributed by atoms with E-state index in [1.165, 1.54) is 12.1 Å². The molecule has 0 spiro atoms. The monoisotopic (exact) mass is 390 g/mol. The topological polar surface area (TPSA) is 108 Å². The van der Waals surface area contributed by atoms with Crippen molar-refractivity contribution >= 4 is 29.4 Å². The summed E-state index contributed by atoms with van der Waals surface area (Å²) in [6, 6.07) is 13.0. The van der Waals surface area contributed by atoms with E-state index in [4.69, 9.17) is 26.8 Å². The number of hydrogen-bond donors (Lipinski definition) is 2. The quantitative estimate of drug-likeness (QED) is 0.672. The molecule has 0 fully saturated rings. The van der Waals surface area contributed by atoms with Crippen LogP contribution in [0.15, 0.2) is 48.5 Å². The van der Waals surface area contributed by atoms with Crippen LogP contribution in [0.4, 0.5) is 0 Å². The second-order valence-electron chi connectivity index (χ2n) is 5.65. The number of amides is 2. The van der Waals surface area contributed by atoms with E-state index in [1.807, 2.05) is 0 Å². The summed E-state index contributed by atoms with van der Waals surface area (Å²) in [5.41, 5.74) is 6.25. The second-order valence-corrected chi connectivity index (χ2v) is 6.09. The van der Waals surface area contributed by atoms with Crippen molar-refractivity contribution in [3.8, 4) is 5.75 Å². The Bertz CT molecular complexity index is 823. The van der Waals surface area contributed by atoms with E-state index < -0.39 is 31.0 Å². The maximum absolute atomic E-state index is 11.9. The summed E-state index contributed by atoms with van der Waals surface area (Å²) < 4.78 is 10.1. The fourth-order valence-electron chi connectivity index (χ4n) is 2.24. The van der Waals surface area contributed by atoms with Gasteiger partial charge in [-0.2, -0.15) is 0 Å². The fourth-order valence-corrected chi connectivity index (χ4v) is 2.36. The van der Waals surface area contributed by atoms with Crippen LogP contribution in [0.25, 0.3) is 0 Å². The Balaban J connectivity index is 1.77. The van der Waals surface area contributed by atoms with Crippen LogP contribution in [-0.2, 0) is 14.3 Å². The number of carbonyl (C=O) groups is 3. The highest BCUT2D eigenvalue weighted by Crippen LogP contribution is 2.17. The van der Waals surface area contributed by atoms with Gasteiger partial charge >= 0.3 is 5.97 Å². The molecule has 2 aromatic rings. The number of carbonyl (C=O) groups excluding carboxylic acids is 3. The number of hydrogen-bond acceptors (Lipinski definition) is 5. The molecule has 2 amide bonds. The molecule has 0 heterocycles. The summed E-state index contributed by atoms with van der Waals surface area (Å²) in [4.78, 5) is 34.9. The molecule has 0 aliphatic carbocycles. The Hall–Kier alpha value is -3.06. The molecule has 27 heavy (non-hydrogen) atoms.